The number of hydrogen-bond donors (Lipinski definition) is 1. The Labute approximate surface area is 161 Å². The first-order valence-corrected chi connectivity index (χ1v) is 9.90. The van der Waals surface area contributed by atoms with Crippen molar-refractivity contribution in [3.05, 3.63) is 42.5 Å². The Morgan fingerprint density at radius 2 is 2.19 bits per heavy atom. The minimum Gasteiger partial charge on any atom is -0.494 e. The van der Waals surface area contributed by atoms with Gasteiger partial charge in [0.05, 0.1) is 23.0 Å². The van der Waals surface area contributed by atoms with Gasteiger partial charge in [0.2, 0.25) is 0 Å². The molecule has 1 saturated heterocycles. The summed E-state index contributed by atoms with van der Waals surface area (Å²) in [6.07, 6.45) is 6.34. The van der Waals surface area contributed by atoms with Crippen molar-refractivity contribution in [3.8, 4) is 5.75 Å². The molecule has 0 bridgehead atoms. The van der Waals surface area contributed by atoms with Gasteiger partial charge >= 0.3 is 0 Å². The van der Waals surface area contributed by atoms with Crippen molar-refractivity contribution >= 4 is 32.6 Å². The van der Waals surface area contributed by atoms with Crippen molar-refractivity contribution in [1.29, 1.82) is 0 Å². The number of thiazole rings is 1. The van der Waals surface area contributed by atoms with Gasteiger partial charge in [0.15, 0.2) is 5.13 Å². The van der Waals surface area contributed by atoms with Crippen LogP contribution < -0.4 is 15.0 Å². The zero-order valence-corrected chi connectivity index (χ0v) is 15.9. The number of carbonyl (C=O) groups excluding carboxylic acids is 1. The van der Waals surface area contributed by atoms with Gasteiger partial charge in [-0.1, -0.05) is 11.3 Å². The molecule has 8 heteroatoms. The van der Waals surface area contributed by atoms with Gasteiger partial charge in [0.25, 0.3) is 5.91 Å². The summed E-state index contributed by atoms with van der Waals surface area (Å²) in [7, 11) is 0. The molecule has 1 aliphatic heterocycles. The summed E-state index contributed by atoms with van der Waals surface area (Å²) in [6.45, 7) is 4.37. The van der Waals surface area contributed by atoms with E-state index in [1.807, 2.05) is 25.1 Å². The molecule has 7 nitrogen and oxygen atoms in total. The van der Waals surface area contributed by atoms with Crippen LogP contribution in [0.2, 0.25) is 0 Å². The molecule has 27 heavy (non-hydrogen) atoms. The van der Waals surface area contributed by atoms with Crippen LogP contribution in [0.4, 0.5) is 5.13 Å². The highest BCUT2D eigenvalue weighted by molar-refractivity contribution is 7.22. The Bertz CT molecular complexity index is 922. The van der Waals surface area contributed by atoms with Crippen LogP contribution in [0.15, 0.2) is 36.8 Å². The van der Waals surface area contributed by atoms with E-state index < -0.39 is 0 Å². The molecule has 0 spiro atoms. The largest absolute Gasteiger partial charge is 0.494 e. The minimum atomic E-state index is -0.162. The van der Waals surface area contributed by atoms with Crippen LogP contribution in [0.3, 0.4) is 0 Å². The predicted molar refractivity (Wildman–Crippen MR) is 106 cm³/mol. The fourth-order valence-electron chi connectivity index (χ4n) is 3.18. The number of ether oxygens (including phenoxy) is 1. The second kappa shape index (κ2) is 7.87. The number of fused-ring (bicyclic) bond motifs is 1. The number of piperidine rings is 1. The summed E-state index contributed by atoms with van der Waals surface area (Å²) in [5, 5.41) is 4.08. The van der Waals surface area contributed by atoms with Gasteiger partial charge in [0.1, 0.15) is 11.4 Å². The Hall–Kier alpha value is -2.74. The molecule has 3 heterocycles. The van der Waals surface area contributed by atoms with E-state index in [-0.39, 0.29) is 11.9 Å². The first kappa shape index (κ1) is 17.7. The summed E-state index contributed by atoms with van der Waals surface area (Å²) in [4.78, 5) is 27.2. The van der Waals surface area contributed by atoms with Gasteiger partial charge in [-0.3, -0.25) is 9.78 Å². The van der Waals surface area contributed by atoms with E-state index in [4.69, 9.17) is 9.72 Å². The molecular formula is C19H21N5O2S. The molecule has 0 unspecified atom stereocenters. The highest BCUT2D eigenvalue weighted by atomic mass is 32.1. The summed E-state index contributed by atoms with van der Waals surface area (Å²) < 4.78 is 6.71. The summed E-state index contributed by atoms with van der Waals surface area (Å²) in [5.74, 6) is 0.718. The minimum absolute atomic E-state index is 0.148. The smallest absolute Gasteiger partial charge is 0.271 e. The first-order chi connectivity index (χ1) is 13.2. The average molecular weight is 383 g/mol. The van der Waals surface area contributed by atoms with Gasteiger partial charge < -0.3 is 15.0 Å². The van der Waals surface area contributed by atoms with E-state index in [0.717, 1.165) is 47.0 Å². The van der Waals surface area contributed by atoms with Gasteiger partial charge in [-0.15, -0.1) is 0 Å². The number of carbonyl (C=O) groups is 1. The molecule has 1 aromatic carbocycles. The number of amides is 1. The van der Waals surface area contributed by atoms with Crippen LogP contribution in [0.25, 0.3) is 10.2 Å². The maximum absolute atomic E-state index is 12.2. The molecule has 4 rings (SSSR count). The van der Waals surface area contributed by atoms with E-state index in [0.29, 0.717) is 12.3 Å². The van der Waals surface area contributed by atoms with E-state index in [1.54, 1.807) is 17.5 Å². The van der Waals surface area contributed by atoms with E-state index in [2.05, 4.69) is 20.2 Å². The van der Waals surface area contributed by atoms with Crippen LogP contribution in [-0.2, 0) is 0 Å². The lowest BCUT2D eigenvalue weighted by Crippen LogP contribution is -2.44. The van der Waals surface area contributed by atoms with Crippen molar-refractivity contribution in [1.82, 2.24) is 20.3 Å². The lowest BCUT2D eigenvalue weighted by Gasteiger charge is -2.32. The number of anilines is 1. The summed E-state index contributed by atoms with van der Waals surface area (Å²) >= 11 is 1.69. The zero-order valence-electron chi connectivity index (χ0n) is 15.1. The number of aromatic nitrogens is 3. The summed E-state index contributed by atoms with van der Waals surface area (Å²) in [6, 6.07) is 6.17. The van der Waals surface area contributed by atoms with Crippen LogP contribution in [-0.4, -0.2) is 46.6 Å². The first-order valence-electron chi connectivity index (χ1n) is 9.08. The van der Waals surface area contributed by atoms with Crippen LogP contribution in [0, 0.1) is 0 Å². The fraction of sp³-hybridized carbons (Fsp3) is 0.368. The van der Waals surface area contributed by atoms with Crippen LogP contribution in [0.1, 0.15) is 30.3 Å². The fourth-order valence-corrected chi connectivity index (χ4v) is 4.22. The molecular weight excluding hydrogens is 362 g/mol. The molecule has 140 valence electrons. The Kier molecular flexibility index (Phi) is 5.15. The third-order valence-corrected chi connectivity index (χ3v) is 5.64. The van der Waals surface area contributed by atoms with E-state index in [9.17, 15) is 4.79 Å². The number of nitrogens with one attached hydrogen (secondary N) is 1. The van der Waals surface area contributed by atoms with Crippen molar-refractivity contribution < 1.29 is 9.53 Å². The van der Waals surface area contributed by atoms with Crippen LogP contribution in [0.5, 0.6) is 5.75 Å². The van der Waals surface area contributed by atoms with Crippen molar-refractivity contribution in [2.24, 2.45) is 0 Å². The molecule has 1 N–H and O–H groups in total. The Morgan fingerprint density at radius 3 is 2.93 bits per heavy atom. The van der Waals surface area contributed by atoms with E-state index >= 15 is 0 Å². The normalized spacial score (nSPS) is 15.1. The lowest BCUT2D eigenvalue weighted by molar-refractivity contribution is 0.0925. The van der Waals surface area contributed by atoms with Gasteiger partial charge in [-0.2, -0.15) is 0 Å². The number of benzene rings is 1. The molecule has 0 atom stereocenters. The maximum atomic E-state index is 12.2. The van der Waals surface area contributed by atoms with E-state index in [1.165, 1.54) is 12.4 Å². The average Bonchev–Trinajstić information content (AvgIpc) is 3.13. The second-order valence-electron chi connectivity index (χ2n) is 6.38. The number of hydrogen-bond acceptors (Lipinski definition) is 7. The molecule has 1 aliphatic rings. The van der Waals surface area contributed by atoms with Crippen molar-refractivity contribution in [2.75, 3.05) is 24.6 Å². The molecule has 1 fully saturated rings. The highest BCUT2D eigenvalue weighted by Crippen LogP contribution is 2.32. The molecule has 0 aliphatic carbocycles. The van der Waals surface area contributed by atoms with Crippen molar-refractivity contribution in [3.63, 3.8) is 0 Å². The number of nitrogens with zero attached hydrogens (tertiary/aromatic N) is 4. The monoisotopic (exact) mass is 383 g/mol. The third kappa shape index (κ3) is 4.00. The molecule has 3 aromatic rings. The van der Waals surface area contributed by atoms with Gasteiger partial charge in [-0.05, 0) is 38.0 Å². The predicted octanol–water partition coefficient (Wildman–Crippen LogP) is 2.88. The Morgan fingerprint density at radius 1 is 1.33 bits per heavy atom. The molecule has 2 aromatic heterocycles. The standard InChI is InChI=1S/C19H21N5O2S/c1-2-26-14-3-4-15-17(11-14)27-19(23-15)24-9-5-13(6-10-24)22-18(25)16-12-20-7-8-21-16/h3-4,7-8,11-13H,2,5-6,9-10H2,1H3,(H,22,25). The van der Waals surface area contributed by atoms with Gasteiger partial charge in [0, 0.05) is 31.5 Å². The maximum Gasteiger partial charge on any atom is 0.271 e. The quantitative estimate of drug-likeness (QED) is 0.730. The highest BCUT2D eigenvalue weighted by Gasteiger charge is 2.23. The van der Waals surface area contributed by atoms with Crippen LogP contribution >= 0.6 is 11.3 Å². The molecule has 0 saturated carbocycles. The topological polar surface area (TPSA) is 80.2 Å². The SMILES string of the molecule is CCOc1ccc2nc(N3CCC(NC(=O)c4cnccn4)CC3)sc2c1. The molecule has 0 radical (unpaired) electrons. The van der Waals surface area contributed by atoms with Crippen molar-refractivity contribution in [2.45, 2.75) is 25.8 Å². The number of rotatable bonds is 5. The van der Waals surface area contributed by atoms with Gasteiger partial charge in [-0.25, -0.2) is 9.97 Å². The second-order valence-corrected chi connectivity index (χ2v) is 7.39. The molecule has 1 amide bonds. The Balaban J connectivity index is 1.37. The summed E-state index contributed by atoms with van der Waals surface area (Å²) in [5.41, 5.74) is 1.35. The third-order valence-electron chi connectivity index (χ3n) is 4.56. The lowest BCUT2D eigenvalue weighted by atomic mass is 10.1. The zero-order chi connectivity index (χ0) is 18.6.